The van der Waals surface area contributed by atoms with E-state index in [1.54, 1.807) is 0 Å². The maximum Gasteiger partial charge on any atom is 0.248 e. The Kier molecular flexibility index (Phi) is 5.89. The lowest BCUT2D eigenvalue weighted by molar-refractivity contribution is 0.584. The quantitative estimate of drug-likeness (QED) is 0.190. The number of aromatic nitrogens is 4. The van der Waals surface area contributed by atoms with Crippen LogP contribution in [0.25, 0.3) is 99.4 Å². The predicted molar refractivity (Wildman–Crippen MR) is 209 cm³/mol. The number of para-hydroxylation sites is 1. The molecular weight excluding hydrogens is 625 g/mol. The zero-order valence-corrected chi connectivity index (χ0v) is 27.4. The van der Waals surface area contributed by atoms with Crippen molar-refractivity contribution in [2.75, 3.05) is 0 Å². The zero-order valence-electron chi connectivity index (χ0n) is 27.4. The number of nitrogens with zero attached hydrogens (tertiary/aromatic N) is 4. The molecule has 0 aliphatic carbocycles. The van der Waals surface area contributed by atoms with Crippen molar-refractivity contribution in [2.45, 2.75) is 0 Å². The van der Waals surface area contributed by atoms with Crippen molar-refractivity contribution in [1.29, 1.82) is 0 Å². The standard InChI is InChI=1S/C46H28N4O/c1-2-12-31(13-3-1)45-47-48-46(51-45)32-18-22-33(23-19-32)49-39-17-9-8-16-37(39)38-28-34(24-27-40(38)49)50-41-25-20-29-10-4-6-14-35(29)43(41)44-36-15-7-5-11-30(36)21-26-42(44)50/h1-28H. The molecule has 0 bridgehead atoms. The molecule has 0 aliphatic heterocycles. The van der Waals surface area contributed by atoms with Crippen LogP contribution in [0.2, 0.25) is 0 Å². The summed E-state index contributed by atoms with van der Waals surface area (Å²) in [5.74, 6) is 1.01. The number of rotatable bonds is 4. The molecule has 11 rings (SSSR count). The summed E-state index contributed by atoms with van der Waals surface area (Å²) in [6.45, 7) is 0. The van der Waals surface area contributed by atoms with Crippen molar-refractivity contribution in [3.63, 3.8) is 0 Å². The third-order valence-corrected chi connectivity index (χ3v) is 10.3. The van der Waals surface area contributed by atoms with Gasteiger partial charge in [0.25, 0.3) is 0 Å². The zero-order chi connectivity index (χ0) is 33.5. The van der Waals surface area contributed by atoms with Gasteiger partial charge in [-0.15, -0.1) is 10.2 Å². The highest BCUT2D eigenvalue weighted by Crippen LogP contribution is 2.42. The van der Waals surface area contributed by atoms with E-state index in [2.05, 4.69) is 159 Å². The van der Waals surface area contributed by atoms with E-state index in [0.717, 1.165) is 33.5 Å². The average Bonchev–Trinajstić information content (AvgIpc) is 3.92. The van der Waals surface area contributed by atoms with E-state index in [1.165, 1.54) is 54.1 Å². The van der Waals surface area contributed by atoms with Gasteiger partial charge in [-0.1, -0.05) is 97.1 Å². The van der Waals surface area contributed by atoms with Gasteiger partial charge < -0.3 is 13.6 Å². The van der Waals surface area contributed by atoms with Gasteiger partial charge in [-0.3, -0.25) is 0 Å². The summed E-state index contributed by atoms with van der Waals surface area (Å²) in [6, 6.07) is 60.3. The Labute approximate surface area is 292 Å². The molecule has 0 saturated heterocycles. The van der Waals surface area contributed by atoms with Crippen LogP contribution < -0.4 is 0 Å². The molecule has 3 aromatic heterocycles. The SMILES string of the molecule is c1ccc(-c2nnc(-c3ccc(-n4c5ccccc5c5cc(-n6c7ccc8ccccc8c7c7c8ccccc8ccc76)ccc54)cc3)o2)cc1. The lowest BCUT2D eigenvalue weighted by Gasteiger charge is -2.11. The van der Waals surface area contributed by atoms with Crippen LogP contribution in [0, 0.1) is 0 Å². The lowest BCUT2D eigenvalue weighted by Crippen LogP contribution is -1.96. The molecule has 0 N–H and O–H groups in total. The molecule has 5 nitrogen and oxygen atoms in total. The van der Waals surface area contributed by atoms with Gasteiger partial charge in [0, 0.05) is 44.0 Å². The largest absolute Gasteiger partial charge is 0.416 e. The monoisotopic (exact) mass is 652 g/mol. The van der Waals surface area contributed by atoms with E-state index < -0.39 is 0 Å². The van der Waals surface area contributed by atoms with Crippen LogP contribution in [0.4, 0.5) is 0 Å². The van der Waals surface area contributed by atoms with Gasteiger partial charge in [0.2, 0.25) is 11.8 Å². The summed E-state index contributed by atoms with van der Waals surface area (Å²) in [5.41, 5.74) is 8.69. The molecule has 0 aliphatic rings. The highest BCUT2D eigenvalue weighted by Gasteiger charge is 2.19. The maximum atomic E-state index is 6.05. The van der Waals surface area contributed by atoms with E-state index in [0.29, 0.717) is 11.8 Å². The van der Waals surface area contributed by atoms with Gasteiger partial charge in [0.15, 0.2) is 0 Å². The van der Waals surface area contributed by atoms with Crippen molar-refractivity contribution in [3.05, 3.63) is 170 Å². The molecule has 11 aromatic rings. The van der Waals surface area contributed by atoms with Crippen LogP contribution in [0.1, 0.15) is 0 Å². The summed E-state index contributed by atoms with van der Waals surface area (Å²) in [4.78, 5) is 0. The summed E-state index contributed by atoms with van der Waals surface area (Å²) >= 11 is 0. The van der Waals surface area contributed by atoms with E-state index in [9.17, 15) is 0 Å². The Balaban J connectivity index is 1.10. The topological polar surface area (TPSA) is 48.8 Å². The molecule has 8 aromatic carbocycles. The molecule has 0 fully saturated rings. The highest BCUT2D eigenvalue weighted by molar-refractivity contribution is 6.28. The Bertz CT molecular complexity index is 3040. The smallest absolute Gasteiger partial charge is 0.248 e. The van der Waals surface area contributed by atoms with Crippen LogP contribution in [-0.4, -0.2) is 19.3 Å². The van der Waals surface area contributed by atoms with Gasteiger partial charge in [-0.2, -0.15) is 0 Å². The van der Waals surface area contributed by atoms with Crippen LogP contribution >= 0.6 is 0 Å². The molecule has 0 atom stereocenters. The van der Waals surface area contributed by atoms with E-state index in [-0.39, 0.29) is 0 Å². The maximum absolute atomic E-state index is 6.05. The van der Waals surface area contributed by atoms with Crippen molar-refractivity contribution in [2.24, 2.45) is 0 Å². The molecule has 5 heteroatoms. The van der Waals surface area contributed by atoms with Crippen LogP contribution in [-0.2, 0) is 0 Å². The van der Waals surface area contributed by atoms with Gasteiger partial charge in [0.1, 0.15) is 0 Å². The predicted octanol–water partition coefficient (Wildman–Crippen LogP) is 11.9. The molecule has 0 unspecified atom stereocenters. The number of hydrogen-bond donors (Lipinski definition) is 0. The van der Waals surface area contributed by atoms with Gasteiger partial charge in [-0.25, -0.2) is 0 Å². The molecule has 0 spiro atoms. The summed E-state index contributed by atoms with van der Waals surface area (Å²) < 4.78 is 10.8. The van der Waals surface area contributed by atoms with Gasteiger partial charge >= 0.3 is 0 Å². The normalized spacial score (nSPS) is 11.9. The third-order valence-electron chi connectivity index (χ3n) is 10.3. The number of hydrogen-bond acceptors (Lipinski definition) is 3. The molecule has 0 saturated carbocycles. The Morgan fingerprint density at radius 3 is 1.51 bits per heavy atom. The molecule has 238 valence electrons. The van der Waals surface area contributed by atoms with Crippen molar-refractivity contribution < 1.29 is 4.42 Å². The number of fused-ring (bicyclic) bond motifs is 10. The molecular formula is C46H28N4O. The van der Waals surface area contributed by atoms with E-state index >= 15 is 0 Å². The first kappa shape index (κ1) is 27.9. The first-order valence-electron chi connectivity index (χ1n) is 17.2. The van der Waals surface area contributed by atoms with Gasteiger partial charge in [0.05, 0.1) is 22.1 Å². The minimum Gasteiger partial charge on any atom is -0.416 e. The van der Waals surface area contributed by atoms with Crippen molar-refractivity contribution in [3.8, 4) is 34.3 Å². The summed E-state index contributed by atoms with van der Waals surface area (Å²) in [6.07, 6.45) is 0. The average molecular weight is 653 g/mol. The second-order valence-corrected chi connectivity index (χ2v) is 13.1. The second kappa shape index (κ2) is 10.8. The Morgan fingerprint density at radius 1 is 0.353 bits per heavy atom. The molecule has 3 heterocycles. The fraction of sp³-hybridized carbons (Fsp3) is 0. The van der Waals surface area contributed by atoms with Crippen LogP contribution in [0.15, 0.2) is 174 Å². The summed E-state index contributed by atoms with van der Waals surface area (Å²) in [7, 11) is 0. The first-order chi connectivity index (χ1) is 25.3. The third kappa shape index (κ3) is 4.15. The summed E-state index contributed by atoms with van der Waals surface area (Å²) in [5, 5.41) is 18.7. The number of benzene rings is 8. The fourth-order valence-electron chi connectivity index (χ4n) is 7.99. The Morgan fingerprint density at radius 2 is 0.843 bits per heavy atom. The van der Waals surface area contributed by atoms with Crippen molar-refractivity contribution in [1.82, 2.24) is 19.3 Å². The minimum absolute atomic E-state index is 0.499. The van der Waals surface area contributed by atoms with Crippen molar-refractivity contribution >= 4 is 65.2 Å². The lowest BCUT2D eigenvalue weighted by atomic mass is 10.00. The van der Waals surface area contributed by atoms with E-state index in [4.69, 9.17) is 4.42 Å². The molecule has 0 radical (unpaired) electrons. The van der Waals surface area contributed by atoms with Gasteiger partial charge in [-0.05, 0) is 94.3 Å². The first-order valence-corrected chi connectivity index (χ1v) is 17.2. The fourth-order valence-corrected chi connectivity index (χ4v) is 7.99. The highest BCUT2D eigenvalue weighted by atomic mass is 16.4. The van der Waals surface area contributed by atoms with Crippen LogP contribution in [0.5, 0.6) is 0 Å². The Hall–Kier alpha value is -6.98. The van der Waals surface area contributed by atoms with E-state index in [1.807, 2.05) is 30.3 Å². The molecule has 51 heavy (non-hydrogen) atoms. The molecule has 0 amide bonds. The minimum atomic E-state index is 0.499. The van der Waals surface area contributed by atoms with Crippen LogP contribution in [0.3, 0.4) is 0 Å². The second-order valence-electron chi connectivity index (χ2n) is 13.1.